The Bertz CT molecular complexity index is 733. The highest BCUT2D eigenvalue weighted by atomic mass is 19.4. The van der Waals surface area contributed by atoms with Crippen molar-refractivity contribution in [3.05, 3.63) is 28.9 Å². The maximum Gasteiger partial charge on any atom is 0.395 e. The highest BCUT2D eigenvalue weighted by Gasteiger charge is 2.47. The number of alkyl halides is 3. The molecule has 0 aliphatic carbocycles. The topological polar surface area (TPSA) is 85.8 Å². The summed E-state index contributed by atoms with van der Waals surface area (Å²) in [6, 6.07) is 1.71. The molecule has 2 rings (SSSR count). The largest absolute Gasteiger partial charge is 0.395 e. The average molecular weight is 345 g/mol. The van der Waals surface area contributed by atoms with Crippen molar-refractivity contribution in [2.24, 2.45) is 5.41 Å². The average Bonchev–Trinajstić information content (AvgIpc) is 3.03. The number of rotatable bonds is 5. The van der Waals surface area contributed by atoms with Crippen LogP contribution in [0.2, 0.25) is 0 Å². The molecule has 0 saturated heterocycles. The quantitative estimate of drug-likeness (QED) is 0.898. The number of aromatic nitrogens is 4. The van der Waals surface area contributed by atoms with Gasteiger partial charge in [0.15, 0.2) is 11.5 Å². The molecule has 0 aromatic carbocycles. The van der Waals surface area contributed by atoms with Crippen molar-refractivity contribution in [3.8, 4) is 0 Å². The Labute approximate surface area is 136 Å². The van der Waals surface area contributed by atoms with Crippen molar-refractivity contribution in [2.75, 3.05) is 6.54 Å². The van der Waals surface area contributed by atoms with E-state index in [1.807, 2.05) is 0 Å². The minimum absolute atomic E-state index is 0.0239. The Morgan fingerprint density at radius 2 is 2.00 bits per heavy atom. The van der Waals surface area contributed by atoms with Crippen molar-refractivity contribution in [1.29, 1.82) is 0 Å². The van der Waals surface area contributed by atoms with E-state index in [1.54, 1.807) is 19.9 Å². The number of amides is 1. The molecule has 132 valence electrons. The van der Waals surface area contributed by atoms with Gasteiger partial charge < -0.3 is 9.84 Å². The normalized spacial score (nSPS) is 12.5. The number of carbonyl (C=O) groups is 1. The second kappa shape index (κ2) is 6.25. The van der Waals surface area contributed by atoms with Crippen molar-refractivity contribution < 1.29 is 22.5 Å². The van der Waals surface area contributed by atoms with Gasteiger partial charge in [0.05, 0.1) is 16.8 Å². The van der Waals surface area contributed by atoms with E-state index in [9.17, 15) is 18.0 Å². The SMILES string of the molecule is Cc1cc(Cn2nnc(C(=O)NCC(C)(C)C(F)(F)F)c2C)on1. The van der Waals surface area contributed by atoms with Gasteiger partial charge in [-0.3, -0.25) is 4.79 Å². The molecule has 1 N–H and O–H groups in total. The van der Waals surface area contributed by atoms with Crippen LogP contribution in [-0.4, -0.2) is 38.8 Å². The Morgan fingerprint density at radius 3 is 2.54 bits per heavy atom. The highest BCUT2D eigenvalue weighted by molar-refractivity contribution is 5.93. The van der Waals surface area contributed by atoms with E-state index in [0.717, 1.165) is 13.8 Å². The summed E-state index contributed by atoms with van der Waals surface area (Å²) in [5.41, 5.74) is -0.935. The number of nitrogens with zero attached hydrogens (tertiary/aromatic N) is 4. The zero-order valence-electron chi connectivity index (χ0n) is 13.7. The van der Waals surface area contributed by atoms with Crippen LogP contribution in [0.25, 0.3) is 0 Å². The van der Waals surface area contributed by atoms with Crippen molar-refractivity contribution >= 4 is 5.91 Å². The lowest BCUT2D eigenvalue weighted by Gasteiger charge is -2.27. The van der Waals surface area contributed by atoms with Gasteiger partial charge in [0.2, 0.25) is 0 Å². The molecular formula is C14H18F3N5O2. The Morgan fingerprint density at radius 1 is 1.33 bits per heavy atom. The van der Waals surface area contributed by atoms with Gasteiger partial charge in [-0.25, -0.2) is 4.68 Å². The van der Waals surface area contributed by atoms with Gasteiger partial charge in [0, 0.05) is 12.6 Å². The van der Waals surface area contributed by atoms with E-state index in [0.29, 0.717) is 17.1 Å². The maximum absolute atomic E-state index is 12.8. The van der Waals surface area contributed by atoms with E-state index < -0.39 is 24.0 Å². The fourth-order valence-electron chi connectivity index (χ4n) is 1.84. The zero-order valence-corrected chi connectivity index (χ0v) is 13.7. The summed E-state index contributed by atoms with van der Waals surface area (Å²) in [6.45, 7) is 5.08. The number of hydrogen-bond donors (Lipinski definition) is 1. The third-order valence-electron chi connectivity index (χ3n) is 3.64. The van der Waals surface area contributed by atoms with Gasteiger partial charge in [-0.15, -0.1) is 5.10 Å². The van der Waals surface area contributed by atoms with Crippen LogP contribution in [0.5, 0.6) is 0 Å². The number of carbonyl (C=O) groups excluding carboxylic acids is 1. The molecule has 24 heavy (non-hydrogen) atoms. The summed E-state index contributed by atoms with van der Waals surface area (Å²) >= 11 is 0. The predicted molar refractivity (Wildman–Crippen MR) is 77.3 cm³/mol. The molecule has 0 aliphatic heterocycles. The minimum atomic E-state index is -4.42. The Hall–Kier alpha value is -2.39. The first-order valence-corrected chi connectivity index (χ1v) is 7.18. The molecule has 0 aliphatic rings. The van der Waals surface area contributed by atoms with Gasteiger partial charge in [-0.1, -0.05) is 10.4 Å². The predicted octanol–water partition coefficient (Wildman–Crippen LogP) is 2.25. The van der Waals surface area contributed by atoms with Crippen LogP contribution in [0, 0.1) is 19.3 Å². The molecule has 2 aromatic rings. The number of hydrogen-bond acceptors (Lipinski definition) is 5. The van der Waals surface area contributed by atoms with E-state index in [1.165, 1.54) is 4.68 Å². The van der Waals surface area contributed by atoms with Gasteiger partial charge in [-0.05, 0) is 27.7 Å². The van der Waals surface area contributed by atoms with Gasteiger partial charge in [-0.2, -0.15) is 13.2 Å². The minimum Gasteiger partial charge on any atom is -0.359 e. The van der Waals surface area contributed by atoms with E-state index in [2.05, 4.69) is 20.8 Å². The molecule has 0 unspecified atom stereocenters. The maximum atomic E-state index is 12.8. The fourth-order valence-corrected chi connectivity index (χ4v) is 1.84. The van der Waals surface area contributed by atoms with Crippen LogP contribution in [0.15, 0.2) is 10.6 Å². The van der Waals surface area contributed by atoms with Crippen LogP contribution >= 0.6 is 0 Å². The molecule has 0 radical (unpaired) electrons. The van der Waals surface area contributed by atoms with Crippen LogP contribution < -0.4 is 5.32 Å². The van der Waals surface area contributed by atoms with Crippen molar-refractivity contribution in [3.63, 3.8) is 0 Å². The van der Waals surface area contributed by atoms with Crippen LogP contribution in [0.4, 0.5) is 13.2 Å². The molecule has 7 nitrogen and oxygen atoms in total. The molecule has 0 saturated carbocycles. The first-order valence-electron chi connectivity index (χ1n) is 7.18. The van der Waals surface area contributed by atoms with E-state index >= 15 is 0 Å². The molecule has 10 heteroatoms. The van der Waals surface area contributed by atoms with Crippen molar-refractivity contribution in [1.82, 2.24) is 25.5 Å². The number of nitrogens with one attached hydrogen (secondary N) is 1. The molecule has 2 heterocycles. The van der Waals surface area contributed by atoms with Gasteiger partial charge in [0.25, 0.3) is 5.91 Å². The van der Waals surface area contributed by atoms with Gasteiger partial charge in [0.1, 0.15) is 6.54 Å². The Kier molecular flexibility index (Phi) is 4.68. The van der Waals surface area contributed by atoms with Gasteiger partial charge >= 0.3 is 6.18 Å². The zero-order chi connectivity index (χ0) is 18.1. The summed E-state index contributed by atoms with van der Waals surface area (Å²) in [7, 11) is 0. The molecular weight excluding hydrogens is 327 g/mol. The van der Waals surface area contributed by atoms with E-state index in [4.69, 9.17) is 4.52 Å². The molecule has 0 fully saturated rings. The molecule has 2 aromatic heterocycles. The van der Waals surface area contributed by atoms with Crippen molar-refractivity contribution in [2.45, 2.75) is 40.4 Å². The number of halogens is 3. The summed E-state index contributed by atoms with van der Waals surface area (Å²) in [6.07, 6.45) is -4.42. The molecule has 0 bridgehead atoms. The first-order chi connectivity index (χ1) is 11.0. The highest BCUT2D eigenvalue weighted by Crippen LogP contribution is 2.36. The second-order valence-corrected chi connectivity index (χ2v) is 6.18. The van der Waals surface area contributed by atoms with Crippen LogP contribution in [0.1, 0.15) is 41.5 Å². The standard InChI is InChI=1S/C14H18F3N5O2/c1-8-5-10(24-20-8)6-22-9(2)11(19-21-22)12(23)18-7-13(3,4)14(15,16)17/h5H,6-7H2,1-4H3,(H,18,23). The summed E-state index contributed by atoms with van der Waals surface area (Å²) in [5.74, 6) is -0.171. The van der Waals surface area contributed by atoms with E-state index in [-0.39, 0.29) is 12.2 Å². The first kappa shape index (κ1) is 18.0. The lowest BCUT2D eigenvalue weighted by Crippen LogP contribution is -2.43. The smallest absolute Gasteiger partial charge is 0.359 e. The molecule has 1 amide bonds. The second-order valence-electron chi connectivity index (χ2n) is 6.18. The summed E-state index contributed by atoms with van der Waals surface area (Å²) in [5, 5.41) is 13.6. The lowest BCUT2D eigenvalue weighted by atomic mass is 9.93. The monoisotopic (exact) mass is 345 g/mol. The Balaban J connectivity index is 2.06. The van der Waals surface area contributed by atoms with Crippen LogP contribution in [0.3, 0.4) is 0 Å². The summed E-state index contributed by atoms with van der Waals surface area (Å²) < 4.78 is 44.9. The summed E-state index contributed by atoms with van der Waals surface area (Å²) in [4.78, 5) is 12.1. The lowest BCUT2D eigenvalue weighted by molar-refractivity contribution is -0.208. The molecule has 0 atom stereocenters. The fraction of sp³-hybridized carbons (Fsp3) is 0.571. The van der Waals surface area contributed by atoms with Crippen LogP contribution in [-0.2, 0) is 6.54 Å². The molecule has 0 spiro atoms. The number of aryl methyl sites for hydroxylation is 1. The third-order valence-corrected chi connectivity index (χ3v) is 3.64. The third kappa shape index (κ3) is 3.74.